The Kier molecular flexibility index (Phi) is 5.03. The Morgan fingerprint density at radius 3 is 2.70 bits per heavy atom. The van der Waals surface area contributed by atoms with Crippen molar-refractivity contribution in [2.24, 2.45) is 11.8 Å². The number of hydrogen-bond acceptors (Lipinski definition) is 3. The summed E-state index contributed by atoms with van der Waals surface area (Å²) in [6.07, 6.45) is 3.33. The molecule has 1 amide bonds. The maximum Gasteiger partial charge on any atom is 0.223 e. The van der Waals surface area contributed by atoms with Gasteiger partial charge < -0.3 is 10.4 Å². The molecule has 0 spiro atoms. The largest absolute Gasteiger partial charge is 0.396 e. The van der Waals surface area contributed by atoms with E-state index in [1.54, 1.807) is 6.20 Å². The van der Waals surface area contributed by atoms with Crippen molar-refractivity contribution in [2.45, 2.75) is 18.8 Å². The van der Waals surface area contributed by atoms with Gasteiger partial charge >= 0.3 is 0 Å². The number of carbonyl (C=O) groups is 1. The van der Waals surface area contributed by atoms with Crippen molar-refractivity contribution < 1.29 is 9.90 Å². The minimum atomic E-state index is 0.00257. The molecule has 2 N–H and O–H groups in total. The number of pyridine rings is 1. The molecule has 1 aromatic carbocycles. The Morgan fingerprint density at radius 1 is 1.22 bits per heavy atom. The maximum atomic E-state index is 12.3. The van der Waals surface area contributed by atoms with Gasteiger partial charge in [0, 0.05) is 36.9 Å². The van der Waals surface area contributed by atoms with Gasteiger partial charge in [-0.05, 0) is 36.5 Å². The summed E-state index contributed by atoms with van der Waals surface area (Å²) >= 11 is 0. The van der Waals surface area contributed by atoms with Crippen LogP contribution >= 0.6 is 0 Å². The molecule has 1 aliphatic rings. The summed E-state index contributed by atoms with van der Waals surface area (Å²) in [6.45, 7) is 0.535. The van der Waals surface area contributed by atoms with E-state index in [-0.39, 0.29) is 24.3 Å². The highest BCUT2D eigenvalue weighted by Gasteiger charge is 2.43. The summed E-state index contributed by atoms with van der Waals surface area (Å²) in [4.78, 5) is 16.5. The molecule has 2 aromatic rings. The van der Waals surface area contributed by atoms with Crippen LogP contribution in [0.5, 0.6) is 0 Å². The molecule has 4 heteroatoms. The van der Waals surface area contributed by atoms with Gasteiger partial charge in [-0.15, -0.1) is 0 Å². The number of hydrogen-bond donors (Lipinski definition) is 2. The zero-order valence-electron chi connectivity index (χ0n) is 13.1. The molecule has 0 radical (unpaired) electrons. The molecule has 1 aromatic heterocycles. The van der Waals surface area contributed by atoms with Crippen LogP contribution in [0, 0.1) is 11.8 Å². The van der Waals surface area contributed by atoms with E-state index in [4.69, 9.17) is 0 Å². The van der Waals surface area contributed by atoms with Gasteiger partial charge in [0.1, 0.15) is 0 Å². The van der Waals surface area contributed by atoms with E-state index < -0.39 is 0 Å². The third-order valence-corrected chi connectivity index (χ3v) is 4.40. The summed E-state index contributed by atoms with van der Waals surface area (Å²) in [7, 11) is 0. The van der Waals surface area contributed by atoms with E-state index in [0.29, 0.717) is 18.9 Å². The van der Waals surface area contributed by atoms with E-state index in [2.05, 4.69) is 22.4 Å². The van der Waals surface area contributed by atoms with E-state index in [1.165, 1.54) is 5.56 Å². The van der Waals surface area contributed by atoms with Crippen LogP contribution in [0.25, 0.3) is 0 Å². The number of carbonyl (C=O) groups excluding carboxylic acids is 1. The van der Waals surface area contributed by atoms with Crippen molar-refractivity contribution in [1.29, 1.82) is 0 Å². The van der Waals surface area contributed by atoms with Gasteiger partial charge in [0.2, 0.25) is 5.91 Å². The Hall–Kier alpha value is -2.20. The summed E-state index contributed by atoms with van der Waals surface area (Å²) < 4.78 is 0. The van der Waals surface area contributed by atoms with Gasteiger partial charge in [0.15, 0.2) is 0 Å². The van der Waals surface area contributed by atoms with Crippen LogP contribution in [0.1, 0.15) is 23.6 Å². The first kappa shape index (κ1) is 15.7. The first-order valence-electron chi connectivity index (χ1n) is 8.11. The van der Waals surface area contributed by atoms with Crippen LogP contribution in [0.2, 0.25) is 0 Å². The van der Waals surface area contributed by atoms with Crippen molar-refractivity contribution in [3.8, 4) is 0 Å². The molecule has 1 aliphatic carbocycles. The Morgan fingerprint density at radius 2 is 2.00 bits per heavy atom. The van der Waals surface area contributed by atoms with Crippen molar-refractivity contribution in [1.82, 2.24) is 10.3 Å². The number of aromatic nitrogens is 1. The zero-order valence-corrected chi connectivity index (χ0v) is 13.1. The highest BCUT2D eigenvalue weighted by atomic mass is 16.3. The maximum absolute atomic E-state index is 12.3. The number of nitrogens with zero attached hydrogens (tertiary/aromatic N) is 1. The van der Waals surface area contributed by atoms with Crippen LogP contribution in [0.4, 0.5) is 0 Å². The molecule has 1 saturated carbocycles. The second-order valence-corrected chi connectivity index (χ2v) is 6.18. The lowest BCUT2D eigenvalue weighted by molar-refractivity contribution is -0.122. The van der Waals surface area contributed by atoms with Gasteiger partial charge in [-0.1, -0.05) is 36.4 Å². The third-order valence-electron chi connectivity index (χ3n) is 4.40. The van der Waals surface area contributed by atoms with Crippen LogP contribution < -0.4 is 5.32 Å². The SMILES string of the molecule is O=C(NCC(CO)Cc1ccccn1)C1CC1c1ccccc1. The summed E-state index contributed by atoms with van der Waals surface area (Å²) in [6, 6.07) is 15.9. The second-order valence-electron chi connectivity index (χ2n) is 6.18. The molecule has 0 aliphatic heterocycles. The normalized spacial score (nSPS) is 20.7. The molecular weight excluding hydrogens is 288 g/mol. The first-order valence-corrected chi connectivity index (χ1v) is 8.11. The molecule has 3 atom stereocenters. The van der Waals surface area contributed by atoms with Gasteiger partial charge in [0.05, 0.1) is 0 Å². The second kappa shape index (κ2) is 7.38. The average Bonchev–Trinajstić information content (AvgIpc) is 3.41. The highest BCUT2D eigenvalue weighted by molar-refractivity contribution is 5.82. The Bertz CT molecular complexity index is 630. The van der Waals surface area contributed by atoms with Crippen molar-refractivity contribution in [3.63, 3.8) is 0 Å². The standard InChI is InChI=1S/C19H22N2O2/c22-13-14(10-16-8-4-5-9-20-16)12-21-19(23)18-11-17(18)15-6-2-1-3-7-15/h1-9,14,17-18,22H,10-13H2,(H,21,23). The lowest BCUT2D eigenvalue weighted by Gasteiger charge is -2.14. The van der Waals surface area contributed by atoms with Gasteiger partial charge in [0.25, 0.3) is 0 Å². The molecule has 3 unspecified atom stereocenters. The lowest BCUT2D eigenvalue weighted by atomic mass is 10.0. The average molecular weight is 310 g/mol. The molecule has 3 rings (SSSR count). The van der Waals surface area contributed by atoms with Crippen LogP contribution in [0.15, 0.2) is 54.7 Å². The molecule has 4 nitrogen and oxygen atoms in total. The van der Waals surface area contributed by atoms with Gasteiger partial charge in [-0.2, -0.15) is 0 Å². The molecule has 1 heterocycles. The van der Waals surface area contributed by atoms with E-state index in [9.17, 15) is 9.90 Å². The summed E-state index contributed by atoms with van der Waals surface area (Å²) in [5.41, 5.74) is 2.18. The molecule has 23 heavy (non-hydrogen) atoms. The van der Waals surface area contributed by atoms with Crippen molar-refractivity contribution in [3.05, 3.63) is 66.0 Å². The smallest absolute Gasteiger partial charge is 0.223 e. The number of aliphatic hydroxyl groups excluding tert-OH is 1. The number of aliphatic hydroxyl groups is 1. The highest BCUT2D eigenvalue weighted by Crippen LogP contribution is 2.47. The number of benzene rings is 1. The fraction of sp³-hybridized carbons (Fsp3) is 0.368. The topological polar surface area (TPSA) is 62.2 Å². The fourth-order valence-corrected chi connectivity index (χ4v) is 2.95. The van der Waals surface area contributed by atoms with Crippen molar-refractivity contribution in [2.75, 3.05) is 13.2 Å². The number of amides is 1. The zero-order chi connectivity index (χ0) is 16.1. The van der Waals surface area contributed by atoms with Crippen LogP contribution in [-0.4, -0.2) is 29.1 Å². The Balaban J connectivity index is 1.47. The molecule has 1 fully saturated rings. The molecule has 0 saturated heterocycles. The molecular formula is C19H22N2O2. The molecule has 0 bridgehead atoms. The predicted octanol–water partition coefficient (Wildman–Crippen LogP) is 2.15. The predicted molar refractivity (Wildman–Crippen MR) is 88.8 cm³/mol. The number of rotatable bonds is 7. The summed E-state index contributed by atoms with van der Waals surface area (Å²) in [5.74, 6) is 0.521. The molecule has 120 valence electrons. The lowest BCUT2D eigenvalue weighted by Crippen LogP contribution is -2.33. The van der Waals surface area contributed by atoms with Gasteiger partial charge in [-0.3, -0.25) is 9.78 Å². The van der Waals surface area contributed by atoms with Gasteiger partial charge in [-0.25, -0.2) is 0 Å². The van der Waals surface area contributed by atoms with Crippen molar-refractivity contribution >= 4 is 5.91 Å². The van der Waals surface area contributed by atoms with Crippen LogP contribution in [0.3, 0.4) is 0 Å². The van der Waals surface area contributed by atoms with E-state index >= 15 is 0 Å². The van der Waals surface area contributed by atoms with E-state index in [1.807, 2.05) is 36.4 Å². The quantitative estimate of drug-likeness (QED) is 0.824. The third kappa shape index (κ3) is 4.17. The van der Waals surface area contributed by atoms with Crippen LogP contribution in [-0.2, 0) is 11.2 Å². The number of nitrogens with one attached hydrogen (secondary N) is 1. The minimum Gasteiger partial charge on any atom is -0.396 e. The Labute approximate surface area is 136 Å². The minimum absolute atomic E-state index is 0.00257. The fourth-order valence-electron chi connectivity index (χ4n) is 2.95. The summed E-state index contributed by atoms with van der Waals surface area (Å²) in [5, 5.41) is 12.5. The monoisotopic (exact) mass is 310 g/mol. The first-order chi connectivity index (χ1) is 11.3. The van der Waals surface area contributed by atoms with E-state index in [0.717, 1.165) is 12.1 Å².